The fourth-order valence-corrected chi connectivity index (χ4v) is 12.6. The molecule has 0 bridgehead atoms. The molecule has 250 valence electrons. The molecule has 1 heteroatoms. The molecular formula is C40H85P. The molecule has 0 saturated carbocycles. The normalized spacial score (nSPS) is 13.0. The van der Waals surface area contributed by atoms with E-state index in [1.165, 1.54) is 128 Å². The van der Waals surface area contributed by atoms with Crippen molar-refractivity contribution in [2.24, 2.45) is 23.7 Å². The SMILES string of the molecule is CC(C)CCCCCCC[PH](CCCCCCCC(C)C)(CCCCCCCC(C)C)CCCCCCCC(C)C. The van der Waals surface area contributed by atoms with Crippen molar-refractivity contribution in [3.8, 4) is 0 Å². The molecule has 0 aliphatic carbocycles. The third kappa shape index (κ3) is 30.2. The van der Waals surface area contributed by atoms with E-state index in [-0.39, 0.29) is 0 Å². The van der Waals surface area contributed by atoms with E-state index in [9.17, 15) is 0 Å². The van der Waals surface area contributed by atoms with Crippen LogP contribution in [0.25, 0.3) is 0 Å². The van der Waals surface area contributed by atoms with Crippen molar-refractivity contribution in [1.82, 2.24) is 0 Å². The maximum atomic E-state index is 2.39. The zero-order valence-electron chi connectivity index (χ0n) is 30.6. The second-order valence-electron chi connectivity index (χ2n) is 16.3. The first-order chi connectivity index (χ1) is 19.7. The summed E-state index contributed by atoms with van der Waals surface area (Å²) in [6.45, 7) is 19.1. The molecule has 0 spiro atoms. The zero-order valence-corrected chi connectivity index (χ0v) is 31.6. The summed E-state index contributed by atoms with van der Waals surface area (Å²) in [5, 5.41) is 0. The molecule has 41 heavy (non-hydrogen) atoms. The van der Waals surface area contributed by atoms with E-state index in [2.05, 4.69) is 55.4 Å². The van der Waals surface area contributed by atoms with E-state index < -0.39 is 7.26 Å². The fourth-order valence-electron chi connectivity index (χ4n) is 7.08. The van der Waals surface area contributed by atoms with Gasteiger partial charge in [0.2, 0.25) is 0 Å². The Kier molecular flexibility index (Phi) is 29.5. The first-order valence-electron chi connectivity index (χ1n) is 19.7. The summed E-state index contributed by atoms with van der Waals surface area (Å²) >= 11 is 0. The van der Waals surface area contributed by atoms with E-state index in [0.717, 1.165) is 23.7 Å². The maximum absolute atomic E-state index is 2.39. The van der Waals surface area contributed by atoms with Crippen LogP contribution < -0.4 is 0 Å². The average molecular weight is 597 g/mol. The summed E-state index contributed by atoms with van der Waals surface area (Å²) < 4.78 is 0. The van der Waals surface area contributed by atoms with Crippen LogP contribution >= 0.6 is 7.26 Å². The van der Waals surface area contributed by atoms with E-state index in [1.54, 1.807) is 50.3 Å². The Morgan fingerprint density at radius 2 is 0.415 bits per heavy atom. The number of hydrogen-bond donors (Lipinski definition) is 0. The predicted molar refractivity (Wildman–Crippen MR) is 198 cm³/mol. The Morgan fingerprint density at radius 3 is 0.610 bits per heavy atom. The summed E-state index contributed by atoms with van der Waals surface area (Å²) in [5.41, 5.74) is 0. The van der Waals surface area contributed by atoms with Gasteiger partial charge in [0.15, 0.2) is 0 Å². The first kappa shape index (κ1) is 41.4. The zero-order chi connectivity index (χ0) is 30.6. The van der Waals surface area contributed by atoms with Gasteiger partial charge in [0.25, 0.3) is 0 Å². The van der Waals surface area contributed by atoms with Crippen LogP contribution in [-0.4, -0.2) is 24.6 Å². The summed E-state index contributed by atoms with van der Waals surface area (Å²) in [4.78, 5) is 0. The van der Waals surface area contributed by atoms with Gasteiger partial charge in [-0.05, 0) is 0 Å². The van der Waals surface area contributed by atoms with Gasteiger partial charge in [-0.25, -0.2) is 0 Å². The molecule has 0 fully saturated rings. The number of rotatable bonds is 32. The monoisotopic (exact) mass is 597 g/mol. The van der Waals surface area contributed by atoms with Crippen LogP contribution in [0.1, 0.15) is 209 Å². The minimum absolute atomic E-state index is 0.885. The van der Waals surface area contributed by atoms with Crippen molar-refractivity contribution in [2.75, 3.05) is 24.6 Å². The fraction of sp³-hybridized carbons (Fsp3) is 1.00. The summed E-state index contributed by atoms with van der Waals surface area (Å²) in [5.74, 6) is 3.54. The van der Waals surface area contributed by atoms with E-state index >= 15 is 0 Å². The summed E-state index contributed by atoms with van der Waals surface area (Å²) in [7, 11) is -1.14. The Labute approximate surface area is 264 Å². The van der Waals surface area contributed by atoms with Crippen molar-refractivity contribution < 1.29 is 0 Å². The Hall–Kier alpha value is 0.430. The van der Waals surface area contributed by atoms with Crippen LogP contribution in [0.15, 0.2) is 0 Å². The van der Waals surface area contributed by atoms with Gasteiger partial charge in [-0.2, -0.15) is 0 Å². The van der Waals surface area contributed by atoms with Crippen LogP contribution in [-0.2, 0) is 0 Å². The van der Waals surface area contributed by atoms with E-state index in [0.29, 0.717) is 0 Å². The van der Waals surface area contributed by atoms with Crippen LogP contribution in [0, 0.1) is 23.7 Å². The van der Waals surface area contributed by atoms with Crippen LogP contribution in [0.3, 0.4) is 0 Å². The van der Waals surface area contributed by atoms with E-state index in [1.807, 2.05) is 0 Å². The van der Waals surface area contributed by atoms with Crippen LogP contribution in [0.4, 0.5) is 0 Å². The van der Waals surface area contributed by atoms with Crippen molar-refractivity contribution in [1.29, 1.82) is 0 Å². The van der Waals surface area contributed by atoms with Gasteiger partial charge in [-0.1, -0.05) is 0 Å². The Morgan fingerprint density at radius 1 is 0.244 bits per heavy atom. The van der Waals surface area contributed by atoms with E-state index in [4.69, 9.17) is 0 Å². The average Bonchev–Trinajstić information content (AvgIpc) is 2.90. The Balaban J connectivity index is 4.90. The van der Waals surface area contributed by atoms with Gasteiger partial charge in [-0.3, -0.25) is 0 Å². The number of hydrogen-bond acceptors (Lipinski definition) is 0. The molecular weight excluding hydrogens is 511 g/mol. The molecule has 0 aromatic carbocycles. The minimum atomic E-state index is -1.14. The first-order valence-corrected chi connectivity index (χ1v) is 22.5. The standard InChI is InChI=1S/C40H85P/c1-37(2)29-21-13-9-17-25-33-41(34-26-18-10-14-22-30-38(3)4,35-27-19-11-15-23-31-39(5)6)36-28-20-12-16-24-32-40(7)8/h37-41H,9-36H2,1-8H3. The molecule has 0 rings (SSSR count). The molecule has 0 heterocycles. The topological polar surface area (TPSA) is 0 Å². The molecule has 0 atom stereocenters. The quantitative estimate of drug-likeness (QED) is 0.0535. The van der Waals surface area contributed by atoms with Crippen molar-refractivity contribution in [3.05, 3.63) is 0 Å². The van der Waals surface area contributed by atoms with Crippen molar-refractivity contribution in [3.63, 3.8) is 0 Å². The third-order valence-electron chi connectivity index (χ3n) is 9.95. The van der Waals surface area contributed by atoms with Crippen molar-refractivity contribution in [2.45, 2.75) is 209 Å². The number of unbranched alkanes of at least 4 members (excludes halogenated alkanes) is 16. The second kappa shape index (κ2) is 29.2. The van der Waals surface area contributed by atoms with Crippen LogP contribution in [0.5, 0.6) is 0 Å². The molecule has 0 saturated heterocycles. The molecule has 0 radical (unpaired) electrons. The summed E-state index contributed by atoms with van der Waals surface area (Å²) in [6, 6.07) is 0. The molecule has 0 aliphatic rings. The van der Waals surface area contributed by atoms with Crippen molar-refractivity contribution >= 4 is 7.26 Å². The van der Waals surface area contributed by atoms with Gasteiger partial charge in [-0.15, -0.1) is 0 Å². The van der Waals surface area contributed by atoms with Gasteiger partial charge in [0, 0.05) is 0 Å². The molecule has 0 N–H and O–H groups in total. The van der Waals surface area contributed by atoms with Crippen LogP contribution in [0.2, 0.25) is 0 Å². The van der Waals surface area contributed by atoms with Gasteiger partial charge in [0.1, 0.15) is 0 Å². The molecule has 0 nitrogen and oxygen atoms in total. The second-order valence-corrected chi connectivity index (χ2v) is 21.3. The summed E-state index contributed by atoms with van der Waals surface area (Å²) in [6.07, 6.45) is 42.5. The Bertz CT molecular complexity index is 411. The van der Waals surface area contributed by atoms with Gasteiger partial charge in [0.05, 0.1) is 0 Å². The molecule has 0 unspecified atom stereocenters. The molecule has 0 aromatic rings. The third-order valence-corrected chi connectivity index (χ3v) is 15.6. The molecule has 0 aromatic heterocycles. The molecule has 0 amide bonds. The molecule has 0 aliphatic heterocycles. The predicted octanol–water partition coefficient (Wildman–Crippen LogP) is 14.7. The van der Waals surface area contributed by atoms with Gasteiger partial charge >= 0.3 is 265 Å². The van der Waals surface area contributed by atoms with Gasteiger partial charge < -0.3 is 0 Å².